The second kappa shape index (κ2) is 6.39. The first-order valence-corrected chi connectivity index (χ1v) is 7.10. The van der Waals surface area contributed by atoms with Crippen LogP contribution in [0.5, 0.6) is 5.88 Å². The molecule has 2 aromatic heterocycles. The molecule has 0 spiro atoms. The molecule has 1 unspecified atom stereocenters. The van der Waals surface area contributed by atoms with Crippen molar-refractivity contribution in [2.24, 2.45) is 5.92 Å². The minimum absolute atomic E-state index is 0.334. The summed E-state index contributed by atoms with van der Waals surface area (Å²) in [5.74, 6) is 1.11. The molecule has 1 aliphatic heterocycles. The van der Waals surface area contributed by atoms with Crippen LogP contribution < -0.4 is 9.64 Å². The van der Waals surface area contributed by atoms with Gasteiger partial charge in [-0.15, -0.1) is 0 Å². The second-order valence-corrected chi connectivity index (χ2v) is 5.21. The molecule has 0 aliphatic carbocycles. The molecule has 5 nitrogen and oxygen atoms in total. The predicted molar refractivity (Wildman–Crippen MR) is 79.0 cm³/mol. The minimum atomic E-state index is -0.376. The average Bonchev–Trinajstić information content (AvgIpc) is 3.03. The highest BCUT2D eigenvalue weighted by molar-refractivity contribution is 5.54. The Hall–Kier alpha value is -2.68. The maximum Gasteiger partial charge on any atom is 0.213 e. The van der Waals surface area contributed by atoms with Gasteiger partial charge in [0.15, 0.2) is 0 Å². The summed E-state index contributed by atoms with van der Waals surface area (Å²) in [7, 11) is 0. The van der Waals surface area contributed by atoms with Gasteiger partial charge in [-0.3, -0.25) is 0 Å². The van der Waals surface area contributed by atoms with Crippen LogP contribution in [0.3, 0.4) is 0 Å². The van der Waals surface area contributed by atoms with Crippen LogP contribution in [0.15, 0.2) is 36.7 Å². The highest BCUT2D eigenvalue weighted by atomic mass is 19.1. The summed E-state index contributed by atoms with van der Waals surface area (Å²) in [5, 5.41) is 9.14. The van der Waals surface area contributed by atoms with E-state index < -0.39 is 0 Å². The molecule has 3 rings (SSSR count). The number of nitrogens with zero attached hydrogens (tertiary/aromatic N) is 4. The Morgan fingerprint density at radius 2 is 2.27 bits per heavy atom. The molecule has 1 aliphatic rings. The van der Waals surface area contributed by atoms with Gasteiger partial charge in [0.2, 0.25) is 5.88 Å². The van der Waals surface area contributed by atoms with Crippen molar-refractivity contribution >= 4 is 5.82 Å². The van der Waals surface area contributed by atoms with Gasteiger partial charge in [0, 0.05) is 31.3 Å². The Kier molecular flexibility index (Phi) is 4.15. The van der Waals surface area contributed by atoms with Crippen LogP contribution in [0.2, 0.25) is 0 Å². The number of nitriles is 1. The molecule has 2 aromatic rings. The first-order chi connectivity index (χ1) is 10.8. The number of rotatable bonds is 4. The average molecular weight is 298 g/mol. The molecule has 0 saturated carbocycles. The molecule has 1 saturated heterocycles. The lowest BCUT2D eigenvalue weighted by molar-refractivity contribution is 0.251. The molecule has 112 valence electrons. The smallest absolute Gasteiger partial charge is 0.213 e. The number of halogens is 1. The third-order valence-corrected chi connectivity index (χ3v) is 3.66. The van der Waals surface area contributed by atoms with Gasteiger partial charge in [-0.25, -0.2) is 14.4 Å². The van der Waals surface area contributed by atoms with Crippen molar-refractivity contribution in [2.45, 2.75) is 6.42 Å². The first-order valence-electron chi connectivity index (χ1n) is 7.10. The molecule has 3 heterocycles. The third-order valence-electron chi connectivity index (χ3n) is 3.66. The summed E-state index contributed by atoms with van der Waals surface area (Å²) in [6.07, 6.45) is 3.80. The van der Waals surface area contributed by atoms with Gasteiger partial charge in [-0.05, 0) is 24.6 Å². The van der Waals surface area contributed by atoms with E-state index in [2.05, 4.69) is 20.9 Å². The first kappa shape index (κ1) is 14.3. The van der Waals surface area contributed by atoms with Gasteiger partial charge < -0.3 is 9.64 Å². The van der Waals surface area contributed by atoms with E-state index in [1.807, 2.05) is 0 Å². The van der Waals surface area contributed by atoms with Crippen molar-refractivity contribution in [3.05, 3.63) is 48.0 Å². The molecule has 6 heteroatoms. The molecule has 22 heavy (non-hydrogen) atoms. The van der Waals surface area contributed by atoms with Gasteiger partial charge in [0.1, 0.15) is 17.7 Å². The van der Waals surface area contributed by atoms with Crippen molar-refractivity contribution in [3.8, 4) is 11.9 Å². The van der Waals surface area contributed by atoms with Crippen LogP contribution in [0.4, 0.5) is 10.2 Å². The molecule has 1 atom stereocenters. The lowest BCUT2D eigenvalue weighted by Gasteiger charge is -2.18. The number of pyridine rings is 2. The van der Waals surface area contributed by atoms with Gasteiger partial charge >= 0.3 is 0 Å². The molecule has 0 radical (unpaired) electrons. The van der Waals surface area contributed by atoms with Gasteiger partial charge in [-0.1, -0.05) is 0 Å². The number of hydrogen-bond donors (Lipinski definition) is 0. The van der Waals surface area contributed by atoms with E-state index in [1.54, 1.807) is 18.3 Å². The quantitative estimate of drug-likeness (QED) is 0.867. The van der Waals surface area contributed by atoms with Gasteiger partial charge in [0.05, 0.1) is 18.4 Å². The molecular weight excluding hydrogens is 283 g/mol. The van der Waals surface area contributed by atoms with Crippen molar-refractivity contribution in [1.82, 2.24) is 9.97 Å². The lowest BCUT2D eigenvalue weighted by Crippen LogP contribution is -2.23. The van der Waals surface area contributed by atoms with Crippen LogP contribution in [0.25, 0.3) is 0 Å². The van der Waals surface area contributed by atoms with E-state index in [0.29, 0.717) is 24.0 Å². The van der Waals surface area contributed by atoms with E-state index >= 15 is 0 Å². The summed E-state index contributed by atoms with van der Waals surface area (Å²) >= 11 is 0. The fourth-order valence-corrected chi connectivity index (χ4v) is 2.55. The second-order valence-electron chi connectivity index (χ2n) is 5.21. The van der Waals surface area contributed by atoms with Crippen molar-refractivity contribution in [2.75, 3.05) is 24.6 Å². The Labute approximate surface area is 128 Å². The number of hydrogen-bond acceptors (Lipinski definition) is 5. The Bertz CT molecular complexity index is 683. The van der Waals surface area contributed by atoms with Crippen LogP contribution in [0.1, 0.15) is 12.0 Å². The van der Waals surface area contributed by atoms with Crippen molar-refractivity contribution in [3.63, 3.8) is 0 Å². The van der Waals surface area contributed by atoms with Gasteiger partial charge in [-0.2, -0.15) is 5.26 Å². The summed E-state index contributed by atoms with van der Waals surface area (Å²) in [6, 6.07) is 8.56. The molecule has 0 bridgehead atoms. The summed E-state index contributed by atoms with van der Waals surface area (Å²) in [6.45, 7) is 2.15. The van der Waals surface area contributed by atoms with E-state index in [4.69, 9.17) is 10.00 Å². The van der Waals surface area contributed by atoms with Crippen LogP contribution >= 0.6 is 0 Å². The van der Waals surface area contributed by atoms with E-state index in [9.17, 15) is 4.39 Å². The fourth-order valence-electron chi connectivity index (χ4n) is 2.55. The highest BCUT2D eigenvalue weighted by Gasteiger charge is 2.25. The van der Waals surface area contributed by atoms with Crippen molar-refractivity contribution < 1.29 is 9.13 Å². The standard InChI is InChI=1S/C16H15FN4O/c17-14-3-4-15(20-9-14)22-11-12-5-7-21(10-12)16-13(8-18)2-1-6-19-16/h1-4,6,9,12H,5,7,10-11H2. The minimum Gasteiger partial charge on any atom is -0.477 e. The molecular formula is C16H15FN4O. The summed E-state index contributed by atoms with van der Waals surface area (Å²) in [4.78, 5) is 10.3. The molecule has 1 fully saturated rings. The molecule has 0 aromatic carbocycles. The van der Waals surface area contributed by atoms with E-state index in [-0.39, 0.29) is 5.82 Å². The van der Waals surface area contributed by atoms with Crippen LogP contribution in [-0.2, 0) is 0 Å². The van der Waals surface area contributed by atoms with Gasteiger partial charge in [0.25, 0.3) is 0 Å². The Morgan fingerprint density at radius 3 is 3.05 bits per heavy atom. The fraction of sp³-hybridized carbons (Fsp3) is 0.312. The van der Waals surface area contributed by atoms with E-state index in [0.717, 1.165) is 31.5 Å². The summed E-state index contributed by atoms with van der Waals surface area (Å²) in [5.41, 5.74) is 0.587. The van der Waals surface area contributed by atoms with Crippen LogP contribution in [0, 0.1) is 23.1 Å². The predicted octanol–water partition coefficient (Wildman–Crippen LogP) is 2.39. The number of aromatic nitrogens is 2. The largest absolute Gasteiger partial charge is 0.477 e. The maximum absolute atomic E-state index is 12.8. The summed E-state index contributed by atoms with van der Waals surface area (Å²) < 4.78 is 18.4. The zero-order chi connectivity index (χ0) is 15.4. The highest BCUT2D eigenvalue weighted by Crippen LogP contribution is 2.25. The van der Waals surface area contributed by atoms with E-state index in [1.165, 1.54) is 12.1 Å². The van der Waals surface area contributed by atoms with Crippen molar-refractivity contribution in [1.29, 1.82) is 5.26 Å². The normalized spacial score (nSPS) is 17.3. The zero-order valence-electron chi connectivity index (χ0n) is 11.9. The molecule has 0 N–H and O–H groups in total. The third kappa shape index (κ3) is 3.14. The Morgan fingerprint density at radius 1 is 1.36 bits per heavy atom. The molecule has 0 amide bonds. The number of anilines is 1. The van der Waals surface area contributed by atoms with Crippen LogP contribution in [-0.4, -0.2) is 29.7 Å². The monoisotopic (exact) mass is 298 g/mol. The topological polar surface area (TPSA) is 62.0 Å². The maximum atomic E-state index is 12.8. The Balaban J connectivity index is 1.58. The number of ether oxygens (including phenoxy) is 1. The lowest BCUT2D eigenvalue weighted by atomic mass is 10.1. The zero-order valence-corrected chi connectivity index (χ0v) is 11.9. The SMILES string of the molecule is N#Cc1cccnc1N1CCC(COc2ccc(F)cn2)C1.